The average molecular weight is 310 g/mol. The van der Waals surface area contributed by atoms with Gasteiger partial charge < -0.3 is 24.8 Å². The molecule has 0 heterocycles. The zero-order valence-electron chi connectivity index (χ0n) is 13.8. The van der Waals surface area contributed by atoms with Crippen molar-refractivity contribution >= 4 is 11.7 Å². The van der Waals surface area contributed by atoms with Gasteiger partial charge in [-0.15, -0.1) is 0 Å². The van der Waals surface area contributed by atoms with Crippen molar-refractivity contribution in [1.82, 2.24) is 5.32 Å². The second kappa shape index (κ2) is 9.89. The summed E-state index contributed by atoms with van der Waals surface area (Å²) in [6.07, 6.45) is 0.773. The fraction of sp³-hybridized carbons (Fsp3) is 0.562. The highest BCUT2D eigenvalue weighted by molar-refractivity contribution is 5.91. The first-order valence-electron chi connectivity index (χ1n) is 7.41. The van der Waals surface area contributed by atoms with E-state index >= 15 is 0 Å². The van der Waals surface area contributed by atoms with Crippen LogP contribution in [0.25, 0.3) is 0 Å². The van der Waals surface area contributed by atoms with Crippen LogP contribution in [0.2, 0.25) is 0 Å². The minimum absolute atomic E-state index is 0.282. The Morgan fingerprint density at radius 3 is 2.64 bits per heavy atom. The lowest BCUT2D eigenvalue weighted by molar-refractivity contribution is 0.108. The van der Waals surface area contributed by atoms with Crippen molar-refractivity contribution in [3.8, 4) is 11.5 Å². The van der Waals surface area contributed by atoms with Gasteiger partial charge in [0.2, 0.25) is 0 Å². The molecule has 0 fully saturated rings. The number of nitrogens with one attached hydrogen (secondary N) is 2. The van der Waals surface area contributed by atoms with E-state index in [0.29, 0.717) is 36.3 Å². The number of methoxy groups -OCH3 is 2. The van der Waals surface area contributed by atoms with Gasteiger partial charge in [0, 0.05) is 25.8 Å². The first-order chi connectivity index (χ1) is 10.6. The highest BCUT2D eigenvalue weighted by Crippen LogP contribution is 2.28. The summed E-state index contributed by atoms with van der Waals surface area (Å²) in [6.45, 7) is 6.14. The van der Waals surface area contributed by atoms with Gasteiger partial charge in [0.05, 0.1) is 19.9 Å². The Balaban J connectivity index is 2.35. The van der Waals surface area contributed by atoms with Crippen LogP contribution >= 0.6 is 0 Å². The molecule has 0 unspecified atom stereocenters. The predicted molar refractivity (Wildman–Crippen MR) is 86.8 cm³/mol. The minimum atomic E-state index is -0.282. The van der Waals surface area contributed by atoms with Crippen LogP contribution in [-0.2, 0) is 4.74 Å². The Bertz CT molecular complexity index is 463. The van der Waals surface area contributed by atoms with Crippen molar-refractivity contribution in [2.24, 2.45) is 5.92 Å². The number of benzene rings is 1. The molecule has 0 bridgehead atoms. The summed E-state index contributed by atoms with van der Waals surface area (Å²) in [5.74, 6) is 1.76. The third-order valence-electron chi connectivity index (χ3n) is 2.86. The molecular weight excluding hydrogens is 284 g/mol. The standard InChI is InChI=1S/C16H26N2O4/c1-12(2)11-22-9-5-8-17-16(19)18-14-10-13(20-3)6-7-15(14)21-4/h6-7,10,12H,5,8-9,11H2,1-4H3,(H2,17,18,19). The van der Waals surface area contributed by atoms with E-state index in [1.165, 1.54) is 0 Å². The van der Waals surface area contributed by atoms with Crippen LogP contribution in [0.5, 0.6) is 11.5 Å². The Hall–Kier alpha value is -1.95. The van der Waals surface area contributed by atoms with E-state index in [1.807, 2.05) is 0 Å². The molecule has 0 atom stereocenters. The van der Waals surface area contributed by atoms with E-state index in [9.17, 15) is 4.79 Å². The molecule has 0 saturated carbocycles. The molecule has 2 N–H and O–H groups in total. The first kappa shape index (κ1) is 18.1. The fourth-order valence-electron chi connectivity index (χ4n) is 1.77. The van der Waals surface area contributed by atoms with Gasteiger partial charge in [0.1, 0.15) is 11.5 Å². The molecule has 2 amide bonds. The molecule has 0 spiro atoms. The number of hydrogen-bond donors (Lipinski definition) is 2. The van der Waals surface area contributed by atoms with E-state index in [2.05, 4.69) is 24.5 Å². The van der Waals surface area contributed by atoms with E-state index in [1.54, 1.807) is 32.4 Å². The van der Waals surface area contributed by atoms with Crippen molar-refractivity contribution < 1.29 is 19.0 Å². The highest BCUT2D eigenvalue weighted by Gasteiger charge is 2.08. The summed E-state index contributed by atoms with van der Waals surface area (Å²) in [5.41, 5.74) is 0.565. The van der Waals surface area contributed by atoms with E-state index in [-0.39, 0.29) is 6.03 Å². The van der Waals surface area contributed by atoms with Gasteiger partial charge in [0.15, 0.2) is 0 Å². The number of rotatable bonds is 9. The molecule has 124 valence electrons. The Morgan fingerprint density at radius 1 is 1.23 bits per heavy atom. The van der Waals surface area contributed by atoms with E-state index in [0.717, 1.165) is 13.0 Å². The molecule has 22 heavy (non-hydrogen) atoms. The number of hydrogen-bond acceptors (Lipinski definition) is 4. The number of amides is 2. The van der Waals surface area contributed by atoms with Gasteiger partial charge in [-0.1, -0.05) is 13.8 Å². The van der Waals surface area contributed by atoms with Crippen molar-refractivity contribution in [1.29, 1.82) is 0 Å². The second-order valence-electron chi connectivity index (χ2n) is 5.27. The molecule has 1 aromatic carbocycles. The average Bonchev–Trinajstić information content (AvgIpc) is 2.50. The fourth-order valence-corrected chi connectivity index (χ4v) is 1.77. The smallest absolute Gasteiger partial charge is 0.319 e. The summed E-state index contributed by atoms with van der Waals surface area (Å²) in [4.78, 5) is 11.9. The van der Waals surface area contributed by atoms with Gasteiger partial charge in [-0.2, -0.15) is 0 Å². The second-order valence-corrected chi connectivity index (χ2v) is 5.27. The maximum absolute atomic E-state index is 11.9. The van der Waals surface area contributed by atoms with Gasteiger partial charge in [-0.3, -0.25) is 0 Å². The SMILES string of the molecule is COc1ccc(OC)c(NC(=O)NCCCOCC(C)C)c1. The Kier molecular flexibility index (Phi) is 8.14. The van der Waals surface area contributed by atoms with Gasteiger partial charge in [0.25, 0.3) is 0 Å². The summed E-state index contributed by atoms with van der Waals surface area (Å²) in [5, 5.41) is 5.53. The lowest BCUT2D eigenvalue weighted by Crippen LogP contribution is -2.30. The van der Waals surface area contributed by atoms with Crippen LogP contribution in [0.4, 0.5) is 10.5 Å². The molecule has 0 aliphatic rings. The normalized spacial score (nSPS) is 10.4. The minimum Gasteiger partial charge on any atom is -0.497 e. The number of carbonyl (C=O) groups excluding carboxylic acids is 1. The molecule has 0 radical (unpaired) electrons. The van der Waals surface area contributed by atoms with Crippen molar-refractivity contribution in [3.63, 3.8) is 0 Å². The van der Waals surface area contributed by atoms with E-state index < -0.39 is 0 Å². The molecular formula is C16H26N2O4. The Morgan fingerprint density at radius 2 is 2.00 bits per heavy atom. The van der Waals surface area contributed by atoms with Crippen LogP contribution in [0.3, 0.4) is 0 Å². The zero-order chi connectivity index (χ0) is 16.4. The van der Waals surface area contributed by atoms with Crippen molar-refractivity contribution in [3.05, 3.63) is 18.2 Å². The topological polar surface area (TPSA) is 68.8 Å². The third-order valence-corrected chi connectivity index (χ3v) is 2.86. The number of urea groups is 1. The Labute approximate surface area is 132 Å². The van der Waals surface area contributed by atoms with Crippen LogP contribution in [-0.4, -0.2) is 40.0 Å². The quantitative estimate of drug-likeness (QED) is 0.688. The molecule has 1 rings (SSSR count). The van der Waals surface area contributed by atoms with Crippen LogP contribution in [0, 0.1) is 5.92 Å². The van der Waals surface area contributed by atoms with Gasteiger partial charge in [-0.25, -0.2) is 4.79 Å². The van der Waals surface area contributed by atoms with Crippen molar-refractivity contribution in [2.45, 2.75) is 20.3 Å². The van der Waals surface area contributed by atoms with Crippen molar-refractivity contribution in [2.75, 3.05) is 39.3 Å². The molecule has 6 nitrogen and oxygen atoms in total. The van der Waals surface area contributed by atoms with Gasteiger partial charge in [-0.05, 0) is 24.5 Å². The van der Waals surface area contributed by atoms with E-state index in [4.69, 9.17) is 14.2 Å². The summed E-state index contributed by atoms with van der Waals surface area (Å²) < 4.78 is 15.8. The first-order valence-corrected chi connectivity index (χ1v) is 7.41. The molecule has 0 aliphatic heterocycles. The molecule has 0 aromatic heterocycles. The van der Waals surface area contributed by atoms with Gasteiger partial charge >= 0.3 is 6.03 Å². The highest BCUT2D eigenvalue weighted by atomic mass is 16.5. The molecule has 1 aromatic rings. The lowest BCUT2D eigenvalue weighted by atomic mass is 10.2. The predicted octanol–water partition coefficient (Wildman–Crippen LogP) is 2.89. The molecule has 0 saturated heterocycles. The number of ether oxygens (including phenoxy) is 3. The monoisotopic (exact) mass is 310 g/mol. The number of anilines is 1. The molecule has 0 aliphatic carbocycles. The zero-order valence-corrected chi connectivity index (χ0v) is 13.8. The number of carbonyl (C=O) groups is 1. The summed E-state index contributed by atoms with van der Waals surface area (Å²) in [6, 6.07) is 4.95. The lowest BCUT2D eigenvalue weighted by Gasteiger charge is -2.12. The summed E-state index contributed by atoms with van der Waals surface area (Å²) in [7, 11) is 3.12. The largest absolute Gasteiger partial charge is 0.497 e. The third kappa shape index (κ3) is 6.67. The maximum atomic E-state index is 11.9. The summed E-state index contributed by atoms with van der Waals surface area (Å²) >= 11 is 0. The van der Waals surface area contributed by atoms with Crippen LogP contribution in [0.15, 0.2) is 18.2 Å². The van der Waals surface area contributed by atoms with Crippen LogP contribution in [0.1, 0.15) is 20.3 Å². The molecule has 6 heteroatoms. The van der Waals surface area contributed by atoms with Crippen LogP contribution < -0.4 is 20.1 Å². The maximum Gasteiger partial charge on any atom is 0.319 e.